The van der Waals surface area contributed by atoms with E-state index in [9.17, 15) is 8.78 Å². The van der Waals surface area contributed by atoms with Gasteiger partial charge < -0.3 is 5.73 Å². The van der Waals surface area contributed by atoms with E-state index in [4.69, 9.17) is 5.73 Å². The van der Waals surface area contributed by atoms with Crippen LogP contribution in [0, 0.1) is 11.6 Å². The molecule has 0 fully saturated rings. The van der Waals surface area contributed by atoms with Gasteiger partial charge in [-0.15, -0.1) is 0 Å². The van der Waals surface area contributed by atoms with Crippen LogP contribution in [0.5, 0.6) is 0 Å². The second-order valence-corrected chi connectivity index (χ2v) is 5.19. The van der Waals surface area contributed by atoms with Crippen LogP contribution >= 0.6 is 0 Å². The van der Waals surface area contributed by atoms with Crippen molar-refractivity contribution < 1.29 is 8.78 Å². The Morgan fingerprint density at radius 2 is 1.86 bits per heavy atom. The number of rotatable bonds is 6. The molecule has 0 radical (unpaired) electrons. The lowest BCUT2D eigenvalue weighted by molar-refractivity contribution is 0.253. The molecule has 2 aromatic carbocycles. The molecular formula is C17H20F2N2. The van der Waals surface area contributed by atoms with E-state index in [1.54, 1.807) is 0 Å². The van der Waals surface area contributed by atoms with Crippen molar-refractivity contribution in [3.63, 3.8) is 0 Å². The molecule has 0 spiro atoms. The highest BCUT2D eigenvalue weighted by Gasteiger charge is 2.10. The number of anilines is 1. The molecule has 112 valence electrons. The van der Waals surface area contributed by atoms with Crippen LogP contribution in [-0.2, 0) is 13.1 Å². The molecule has 0 atom stereocenters. The summed E-state index contributed by atoms with van der Waals surface area (Å²) in [7, 11) is 0. The number of hydrogen-bond acceptors (Lipinski definition) is 2. The largest absolute Gasteiger partial charge is 0.399 e. The predicted octanol–water partition coefficient (Wildman–Crippen LogP) is 3.96. The highest BCUT2D eigenvalue weighted by Crippen LogP contribution is 2.16. The third-order valence-corrected chi connectivity index (χ3v) is 3.31. The molecule has 0 bridgehead atoms. The third-order valence-electron chi connectivity index (χ3n) is 3.31. The van der Waals surface area contributed by atoms with Crippen LogP contribution in [0.25, 0.3) is 0 Å². The van der Waals surface area contributed by atoms with Crippen LogP contribution < -0.4 is 5.73 Å². The minimum absolute atomic E-state index is 0.453. The van der Waals surface area contributed by atoms with Gasteiger partial charge >= 0.3 is 0 Å². The van der Waals surface area contributed by atoms with E-state index < -0.39 is 11.6 Å². The van der Waals surface area contributed by atoms with E-state index >= 15 is 0 Å². The fourth-order valence-corrected chi connectivity index (χ4v) is 2.37. The maximum absolute atomic E-state index is 13.8. The van der Waals surface area contributed by atoms with Crippen LogP contribution in [0.1, 0.15) is 24.5 Å². The Morgan fingerprint density at radius 1 is 1.05 bits per heavy atom. The molecule has 0 amide bonds. The van der Waals surface area contributed by atoms with Crippen molar-refractivity contribution in [1.29, 1.82) is 0 Å². The van der Waals surface area contributed by atoms with E-state index in [0.717, 1.165) is 30.3 Å². The summed E-state index contributed by atoms with van der Waals surface area (Å²) in [5, 5.41) is 0. The van der Waals surface area contributed by atoms with Gasteiger partial charge in [-0.25, -0.2) is 8.78 Å². The summed E-state index contributed by atoms with van der Waals surface area (Å²) in [4.78, 5) is 2.13. The fourth-order valence-electron chi connectivity index (χ4n) is 2.37. The van der Waals surface area contributed by atoms with Crippen LogP contribution in [0.2, 0.25) is 0 Å². The van der Waals surface area contributed by atoms with Crippen molar-refractivity contribution in [3.8, 4) is 0 Å². The summed E-state index contributed by atoms with van der Waals surface area (Å²) in [6.45, 7) is 4.06. The van der Waals surface area contributed by atoms with Gasteiger partial charge in [0, 0.05) is 30.4 Å². The maximum atomic E-state index is 13.8. The molecule has 0 heterocycles. The van der Waals surface area contributed by atoms with Crippen molar-refractivity contribution in [2.45, 2.75) is 26.4 Å². The van der Waals surface area contributed by atoms with Gasteiger partial charge in [0.15, 0.2) is 0 Å². The van der Waals surface area contributed by atoms with Gasteiger partial charge in [-0.2, -0.15) is 0 Å². The number of hydrogen-bond donors (Lipinski definition) is 1. The second-order valence-electron chi connectivity index (χ2n) is 5.19. The van der Waals surface area contributed by atoms with Crippen molar-refractivity contribution in [2.75, 3.05) is 12.3 Å². The summed E-state index contributed by atoms with van der Waals surface area (Å²) in [6.07, 6.45) is 0.963. The summed E-state index contributed by atoms with van der Waals surface area (Å²) in [5.41, 5.74) is 8.10. The Labute approximate surface area is 124 Å². The Kier molecular flexibility index (Phi) is 5.28. The highest BCUT2D eigenvalue weighted by molar-refractivity contribution is 5.40. The monoisotopic (exact) mass is 290 g/mol. The topological polar surface area (TPSA) is 29.3 Å². The molecule has 0 unspecified atom stereocenters. The van der Waals surface area contributed by atoms with Gasteiger partial charge in [0.05, 0.1) is 0 Å². The average Bonchev–Trinajstić information content (AvgIpc) is 2.42. The van der Waals surface area contributed by atoms with Gasteiger partial charge in [-0.1, -0.05) is 25.1 Å². The van der Waals surface area contributed by atoms with Crippen molar-refractivity contribution >= 4 is 5.69 Å². The van der Waals surface area contributed by atoms with E-state index in [1.165, 1.54) is 12.1 Å². The zero-order valence-corrected chi connectivity index (χ0v) is 12.2. The summed E-state index contributed by atoms with van der Waals surface area (Å²) in [6, 6.07) is 11.4. The first-order chi connectivity index (χ1) is 10.1. The Hall–Kier alpha value is -1.94. The van der Waals surface area contributed by atoms with E-state index in [0.29, 0.717) is 18.7 Å². The maximum Gasteiger partial charge on any atom is 0.130 e. The molecule has 2 aromatic rings. The van der Waals surface area contributed by atoms with Crippen molar-refractivity contribution in [3.05, 3.63) is 65.2 Å². The summed E-state index contributed by atoms with van der Waals surface area (Å²) >= 11 is 0. The smallest absolute Gasteiger partial charge is 0.130 e. The van der Waals surface area contributed by atoms with Gasteiger partial charge in [0.2, 0.25) is 0 Å². The molecule has 0 aliphatic rings. The van der Waals surface area contributed by atoms with Gasteiger partial charge in [-0.05, 0) is 36.7 Å². The third kappa shape index (κ3) is 4.53. The second kappa shape index (κ2) is 7.18. The fraction of sp³-hybridized carbons (Fsp3) is 0.294. The molecule has 2 N–H and O–H groups in total. The molecular weight excluding hydrogens is 270 g/mol. The number of halogens is 2. The number of nitrogen functional groups attached to an aromatic ring is 1. The quantitative estimate of drug-likeness (QED) is 0.816. The van der Waals surface area contributed by atoms with Crippen LogP contribution in [0.4, 0.5) is 14.5 Å². The molecule has 0 aliphatic heterocycles. The number of nitrogens with zero attached hydrogens (tertiary/aromatic N) is 1. The standard InChI is InChI=1S/C17H20F2N2/c1-2-8-21(11-13-4-3-5-16(20)9-13)12-14-6-7-15(18)10-17(14)19/h3-7,9-10H,2,8,11-12,20H2,1H3. The van der Waals surface area contributed by atoms with Crippen LogP contribution in [0.15, 0.2) is 42.5 Å². The zero-order chi connectivity index (χ0) is 15.2. The van der Waals surface area contributed by atoms with Crippen LogP contribution in [-0.4, -0.2) is 11.4 Å². The van der Waals surface area contributed by atoms with Gasteiger partial charge in [-0.3, -0.25) is 4.90 Å². The van der Waals surface area contributed by atoms with E-state index in [1.807, 2.05) is 24.3 Å². The predicted molar refractivity (Wildman–Crippen MR) is 81.6 cm³/mol. The Bertz CT molecular complexity index is 599. The van der Waals surface area contributed by atoms with Gasteiger partial charge in [0.1, 0.15) is 11.6 Å². The first kappa shape index (κ1) is 15.4. The SMILES string of the molecule is CCCN(Cc1cccc(N)c1)Cc1ccc(F)cc1F. The minimum Gasteiger partial charge on any atom is -0.399 e. The minimum atomic E-state index is -0.547. The summed E-state index contributed by atoms with van der Waals surface area (Å²) in [5.74, 6) is -1.04. The molecule has 4 heteroatoms. The molecule has 2 rings (SSSR count). The van der Waals surface area contributed by atoms with Gasteiger partial charge in [0.25, 0.3) is 0 Å². The van der Waals surface area contributed by atoms with E-state index in [2.05, 4.69) is 11.8 Å². The lowest BCUT2D eigenvalue weighted by Crippen LogP contribution is -2.24. The normalized spacial score (nSPS) is 11.0. The van der Waals surface area contributed by atoms with Crippen molar-refractivity contribution in [2.24, 2.45) is 0 Å². The van der Waals surface area contributed by atoms with Crippen LogP contribution in [0.3, 0.4) is 0 Å². The number of nitrogens with two attached hydrogens (primary N) is 1. The lowest BCUT2D eigenvalue weighted by Gasteiger charge is -2.22. The lowest BCUT2D eigenvalue weighted by atomic mass is 10.1. The number of benzene rings is 2. The Morgan fingerprint density at radius 3 is 2.52 bits per heavy atom. The zero-order valence-electron chi connectivity index (χ0n) is 12.2. The summed E-state index contributed by atoms with van der Waals surface area (Å²) < 4.78 is 26.7. The van der Waals surface area contributed by atoms with Crippen molar-refractivity contribution in [1.82, 2.24) is 4.90 Å². The highest BCUT2D eigenvalue weighted by atomic mass is 19.1. The Balaban J connectivity index is 2.11. The molecule has 0 saturated heterocycles. The molecule has 2 nitrogen and oxygen atoms in total. The van der Waals surface area contributed by atoms with E-state index in [-0.39, 0.29) is 0 Å². The molecule has 0 aromatic heterocycles. The molecule has 0 aliphatic carbocycles. The first-order valence-corrected chi connectivity index (χ1v) is 7.09. The molecule has 0 saturated carbocycles. The molecule has 21 heavy (non-hydrogen) atoms. The first-order valence-electron chi connectivity index (χ1n) is 7.09. The average molecular weight is 290 g/mol.